The normalized spacial score (nSPS) is 27.3. The Hall–Kier alpha value is -0.830. The van der Waals surface area contributed by atoms with Crippen molar-refractivity contribution in [3.05, 3.63) is 17.5 Å². The molecule has 2 unspecified atom stereocenters. The van der Waals surface area contributed by atoms with Crippen LogP contribution in [0.4, 0.5) is 5.95 Å². The molecule has 0 amide bonds. The van der Waals surface area contributed by atoms with E-state index in [2.05, 4.69) is 29.1 Å². The van der Waals surface area contributed by atoms with Crippen LogP contribution in [0.5, 0.6) is 0 Å². The van der Waals surface area contributed by atoms with E-state index < -0.39 is 0 Å². The van der Waals surface area contributed by atoms with E-state index in [4.69, 9.17) is 11.6 Å². The summed E-state index contributed by atoms with van der Waals surface area (Å²) in [4.78, 5) is 8.76. The maximum Gasteiger partial charge on any atom is 0.223 e. The Morgan fingerprint density at radius 3 is 2.31 bits per heavy atom. The molecule has 1 N–H and O–H groups in total. The van der Waals surface area contributed by atoms with Crippen LogP contribution in [0.15, 0.2) is 6.07 Å². The third-order valence-corrected chi connectivity index (χ3v) is 4.17. The molecule has 0 saturated heterocycles. The molecule has 2 rings (SSSR count). The number of rotatable bonds is 2. The van der Waals surface area contributed by atoms with Gasteiger partial charge in [0.2, 0.25) is 5.95 Å². The minimum Gasteiger partial charge on any atom is -0.351 e. The van der Waals surface area contributed by atoms with Crippen molar-refractivity contribution in [2.75, 3.05) is 5.32 Å². The van der Waals surface area contributed by atoms with Crippen molar-refractivity contribution in [2.45, 2.75) is 45.5 Å². The van der Waals surface area contributed by atoms with Gasteiger partial charge >= 0.3 is 0 Å². The lowest BCUT2D eigenvalue weighted by atomic mass is 9.67. The molecule has 0 spiro atoms. The number of hydrogen-bond donors (Lipinski definition) is 1. The largest absolute Gasteiger partial charge is 0.351 e. The summed E-state index contributed by atoms with van der Waals surface area (Å²) in [7, 11) is 0. The summed E-state index contributed by atoms with van der Waals surface area (Å²) in [5.41, 5.74) is 2.10. The molecule has 0 aliphatic heterocycles. The fourth-order valence-electron chi connectivity index (χ4n) is 2.06. The summed E-state index contributed by atoms with van der Waals surface area (Å²) in [5, 5.41) is 3.62. The molecular weight excluding hydrogens is 222 g/mol. The van der Waals surface area contributed by atoms with E-state index >= 15 is 0 Å². The molecule has 88 valence electrons. The molecule has 2 atom stereocenters. The average molecular weight is 240 g/mol. The molecule has 0 aromatic carbocycles. The molecule has 1 aliphatic carbocycles. The van der Waals surface area contributed by atoms with Crippen molar-refractivity contribution in [3.63, 3.8) is 0 Å². The fraction of sp³-hybridized carbons (Fsp3) is 0.667. The van der Waals surface area contributed by atoms with Crippen LogP contribution < -0.4 is 5.32 Å². The first-order chi connectivity index (χ1) is 7.39. The molecule has 3 nitrogen and oxygen atoms in total. The Morgan fingerprint density at radius 2 is 1.88 bits per heavy atom. The van der Waals surface area contributed by atoms with E-state index in [1.165, 1.54) is 0 Å². The van der Waals surface area contributed by atoms with Crippen LogP contribution in [-0.4, -0.2) is 21.4 Å². The van der Waals surface area contributed by atoms with Crippen molar-refractivity contribution in [2.24, 2.45) is 5.41 Å². The number of nitrogens with one attached hydrogen (secondary N) is 1. The third kappa shape index (κ3) is 2.01. The van der Waals surface area contributed by atoms with Gasteiger partial charge < -0.3 is 5.32 Å². The summed E-state index contributed by atoms with van der Waals surface area (Å²) >= 11 is 6.18. The van der Waals surface area contributed by atoms with Gasteiger partial charge in [0, 0.05) is 28.2 Å². The highest BCUT2D eigenvalue weighted by Gasteiger charge is 2.47. The second kappa shape index (κ2) is 3.88. The Balaban J connectivity index is 2.11. The van der Waals surface area contributed by atoms with Gasteiger partial charge in [0.25, 0.3) is 0 Å². The zero-order valence-corrected chi connectivity index (χ0v) is 11.0. The summed E-state index contributed by atoms with van der Waals surface area (Å²) in [6.45, 7) is 8.31. The Bertz CT molecular complexity index is 383. The summed E-state index contributed by atoms with van der Waals surface area (Å²) in [6, 6.07) is 2.35. The Labute approximate surface area is 102 Å². The van der Waals surface area contributed by atoms with Gasteiger partial charge in [0.05, 0.1) is 0 Å². The number of nitrogens with zero attached hydrogens (tertiary/aromatic N) is 2. The van der Waals surface area contributed by atoms with Crippen LogP contribution >= 0.6 is 11.6 Å². The summed E-state index contributed by atoms with van der Waals surface area (Å²) in [6.07, 6.45) is 0.977. The zero-order chi connectivity index (χ0) is 11.9. The molecule has 4 heteroatoms. The second-order valence-electron chi connectivity index (χ2n) is 5.20. The quantitative estimate of drug-likeness (QED) is 0.807. The van der Waals surface area contributed by atoms with Crippen molar-refractivity contribution in [1.29, 1.82) is 0 Å². The molecule has 1 fully saturated rings. The minimum absolute atomic E-state index is 0.114. The predicted molar refractivity (Wildman–Crippen MR) is 67.0 cm³/mol. The number of hydrogen-bond acceptors (Lipinski definition) is 3. The maximum absolute atomic E-state index is 6.18. The number of halogens is 1. The van der Waals surface area contributed by atoms with Gasteiger partial charge in [-0.15, -0.1) is 11.6 Å². The van der Waals surface area contributed by atoms with Gasteiger partial charge in [-0.25, -0.2) is 9.97 Å². The standard InChI is InChI=1S/C12H18ClN3/c1-7-5-8(2)15-11(14-7)16-10-6-9(13)12(10,3)4/h5,9-10H,6H2,1-4H3,(H,14,15,16). The highest BCUT2D eigenvalue weighted by Crippen LogP contribution is 2.45. The topological polar surface area (TPSA) is 37.8 Å². The van der Waals surface area contributed by atoms with Crippen LogP contribution in [0.2, 0.25) is 0 Å². The molecule has 1 heterocycles. The van der Waals surface area contributed by atoms with Crippen LogP contribution in [0.25, 0.3) is 0 Å². The lowest BCUT2D eigenvalue weighted by molar-refractivity contribution is 0.167. The minimum atomic E-state index is 0.114. The molecule has 1 aromatic rings. The second-order valence-corrected chi connectivity index (χ2v) is 5.72. The monoisotopic (exact) mass is 239 g/mol. The van der Waals surface area contributed by atoms with Gasteiger partial charge in [-0.1, -0.05) is 13.8 Å². The molecule has 1 aliphatic rings. The molecule has 1 saturated carbocycles. The molecule has 0 bridgehead atoms. The number of anilines is 1. The molecule has 1 aromatic heterocycles. The van der Waals surface area contributed by atoms with E-state index in [0.29, 0.717) is 6.04 Å². The average Bonchev–Trinajstić information content (AvgIpc) is 2.15. The fourth-order valence-corrected chi connectivity index (χ4v) is 2.39. The lowest BCUT2D eigenvalue weighted by Crippen LogP contribution is -2.54. The van der Waals surface area contributed by atoms with Crippen molar-refractivity contribution in [3.8, 4) is 0 Å². The zero-order valence-electron chi connectivity index (χ0n) is 10.2. The van der Waals surface area contributed by atoms with Crippen LogP contribution in [0.1, 0.15) is 31.7 Å². The SMILES string of the molecule is Cc1cc(C)nc(NC2CC(Cl)C2(C)C)n1. The smallest absolute Gasteiger partial charge is 0.223 e. The van der Waals surface area contributed by atoms with E-state index in [0.717, 1.165) is 23.8 Å². The highest BCUT2D eigenvalue weighted by atomic mass is 35.5. The van der Waals surface area contributed by atoms with Crippen molar-refractivity contribution in [1.82, 2.24) is 9.97 Å². The van der Waals surface area contributed by atoms with Crippen LogP contribution in [0, 0.1) is 19.3 Å². The maximum atomic E-state index is 6.18. The van der Waals surface area contributed by atoms with E-state index in [1.54, 1.807) is 0 Å². The first-order valence-corrected chi connectivity index (χ1v) is 6.06. The van der Waals surface area contributed by atoms with Gasteiger partial charge in [0.15, 0.2) is 0 Å². The molecular formula is C12H18ClN3. The van der Waals surface area contributed by atoms with E-state index in [1.807, 2.05) is 19.9 Å². The van der Waals surface area contributed by atoms with Crippen LogP contribution in [0.3, 0.4) is 0 Å². The lowest BCUT2D eigenvalue weighted by Gasteiger charge is -2.49. The number of alkyl halides is 1. The van der Waals surface area contributed by atoms with Gasteiger partial charge in [-0.05, 0) is 26.3 Å². The molecule has 16 heavy (non-hydrogen) atoms. The van der Waals surface area contributed by atoms with Gasteiger partial charge in [-0.3, -0.25) is 0 Å². The Morgan fingerprint density at radius 1 is 1.31 bits per heavy atom. The summed E-state index contributed by atoms with van der Waals surface area (Å²) in [5.74, 6) is 0.721. The summed E-state index contributed by atoms with van der Waals surface area (Å²) < 4.78 is 0. The van der Waals surface area contributed by atoms with Gasteiger partial charge in [0.1, 0.15) is 0 Å². The third-order valence-electron chi connectivity index (χ3n) is 3.43. The van der Waals surface area contributed by atoms with Gasteiger partial charge in [-0.2, -0.15) is 0 Å². The Kier molecular flexibility index (Phi) is 2.82. The van der Waals surface area contributed by atoms with Crippen molar-refractivity contribution >= 4 is 17.5 Å². The predicted octanol–water partition coefficient (Wildman–Crippen LogP) is 2.91. The first-order valence-electron chi connectivity index (χ1n) is 5.62. The van der Waals surface area contributed by atoms with Crippen LogP contribution in [-0.2, 0) is 0 Å². The van der Waals surface area contributed by atoms with E-state index in [-0.39, 0.29) is 10.8 Å². The highest BCUT2D eigenvalue weighted by molar-refractivity contribution is 6.21. The molecule has 0 radical (unpaired) electrons. The van der Waals surface area contributed by atoms with E-state index in [9.17, 15) is 0 Å². The number of aromatic nitrogens is 2. The first kappa shape index (κ1) is 11.6. The number of aryl methyl sites for hydroxylation is 2. The van der Waals surface area contributed by atoms with Crippen molar-refractivity contribution < 1.29 is 0 Å².